The molecular formula is C20H21N3O3. The Morgan fingerprint density at radius 1 is 0.962 bits per heavy atom. The molecule has 1 aliphatic heterocycles. The van der Waals surface area contributed by atoms with Gasteiger partial charge >= 0.3 is 5.69 Å². The highest BCUT2D eigenvalue weighted by Crippen LogP contribution is 2.23. The second kappa shape index (κ2) is 7.27. The Hall–Kier alpha value is -2.70. The van der Waals surface area contributed by atoms with Crippen LogP contribution < -0.4 is 11.2 Å². The number of morpholine rings is 1. The smallest absolute Gasteiger partial charge is 0.328 e. The molecule has 0 aliphatic carbocycles. The van der Waals surface area contributed by atoms with Gasteiger partial charge in [-0.3, -0.25) is 14.3 Å². The molecular weight excluding hydrogens is 330 g/mol. The number of H-pyrrole nitrogens is 1. The molecule has 3 aromatic rings. The number of rotatable bonds is 4. The van der Waals surface area contributed by atoms with Crippen molar-refractivity contribution in [3.05, 3.63) is 81.0 Å². The Bertz CT molecular complexity index is 1000. The monoisotopic (exact) mass is 351 g/mol. The van der Waals surface area contributed by atoms with E-state index in [1.54, 1.807) is 12.1 Å². The number of para-hydroxylation sites is 1. The predicted molar refractivity (Wildman–Crippen MR) is 100 cm³/mol. The van der Waals surface area contributed by atoms with E-state index >= 15 is 0 Å². The van der Waals surface area contributed by atoms with Crippen molar-refractivity contribution in [3.8, 4) is 0 Å². The molecule has 0 unspecified atom stereocenters. The molecule has 4 rings (SSSR count). The maximum Gasteiger partial charge on any atom is 0.328 e. The number of benzene rings is 2. The van der Waals surface area contributed by atoms with Crippen molar-refractivity contribution < 1.29 is 4.74 Å². The SMILES string of the molecule is O=c1[nH]c2ccccc2c(=O)n1C[C@@H](c1ccccc1)N1CCOCC1. The first-order valence-corrected chi connectivity index (χ1v) is 8.82. The van der Waals surface area contributed by atoms with E-state index < -0.39 is 0 Å². The Morgan fingerprint density at radius 3 is 2.42 bits per heavy atom. The molecule has 1 N–H and O–H groups in total. The fourth-order valence-electron chi connectivity index (χ4n) is 3.53. The molecule has 26 heavy (non-hydrogen) atoms. The summed E-state index contributed by atoms with van der Waals surface area (Å²) in [4.78, 5) is 30.6. The van der Waals surface area contributed by atoms with Crippen molar-refractivity contribution >= 4 is 10.9 Å². The fraction of sp³-hybridized carbons (Fsp3) is 0.300. The van der Waals surface area contributed by atoms with E-state index in [1.807, 2.05) is 42.5 Å². The number of hydrogen-bond acceptors (Lipinski definition) is 4. The van der Waals surface area contributed by atoms with Crippen molar-refractivity contribution in [1.29, 1.82) is 0 Å². The van der Waals surface area contributed by atoms with Gasteiger partial charge in [0, 0.05) is 13.1 Å². The summed E-state index contributed by atoms with van der Waals surface area (Å²) >= 11 is 0. The van der Waals surface area contributed by atoms with Crippen molar-refractivity contribution in [2.75, 3.05) is 26.3 Å². The molecule has 0 amide bonds. The standard InChI is InChI=1S/C20H21N3O3/c24-19-16-8-4-5-9-17(16)21-20(25)23(19)14-18(15-6-2-1-3-7-15)22-10-12-26-13-11-22/h1-9,18H,10-14H2,(H,21,25)/t18-/m0/s1. The van der Waals surface area contributed by atoms with Gasteiger partial charge in [0.2, 0.25) is 0 Å². The number of nitrogens with zero attached hydrogens (tertiary/aromatic N) is 2. The topological polar surface area (TPSA) is 67.3 Å². The third-order valence-electron chi connectivity index (χ3n) is 4.92. The van der Waals surface area contributed by atoms with E-state index in [-0.39, 0.29) is 17.3 Å². The molecule has 1 atom stereocenters. The van der Waals surface area contributed by atoms with Crippen molar-refractivity contribution in [3.63, 3.8) is 0 Å². The molecule has 2 heterocycles. The minimum atomic E-state index is -0.372. The molecule has 6 heteroatoms. The third kappa shape index (κ3) is 3.21. The Balaban J connectivity index is 1.77. The second-order valence-corrected chi connectivity index (χ2v) is 6.47. The fourth-order valence-corrected chi connectivity index (χ4v) is 3.53. The maximum atomic E-state index is 12.9. The molecule has 0 bridgehead atoms. The Kier molecular flexibility index (Phi) is 4.69. The third-order valence-corrected chi connectivity index (χ3v) is 4.92. The highest BCUT2D eigenvalue weighted by Gasteiger charge is 2.24. The number of nitrogens with one attached hydrogen (secondary N) is 1. The van der Waals surface area contributed by atoms with Crippen LogP contribution in [0.4, 0.5) is 0 Å². The summed E-state index contributed by atoms with van der Waals surface area (Å²) in [6.45, 7) is 3.18. The van der Waals surface area contributed by atoms with Gasteiger partial charge in [-0.15, -0.1) is 0 Å². The van der Waals surface area contributed by atoms with Crippen LogP contribution in [0.1, 0.15) is 11.6 Å². The molecule has 0 spiro atoms. The van der Waals surface area contributed by atoms with Gasteiger partial charge < -0.3 is 9.72 Å². The van der Waals surface area contributed by atoms with Gasteiger partial charge in [-0.1, -0.05) is 42.5 Å². The normalized spacial score (nSPS) is 16.6. The van der Waals surface area contributed by atoms with Gasteiger partial charge in [-0.25, -0.2) is 4.79 Å². The Labute approximate surface area is 150 Å². The quantitative estimate of drug-likeness (QED) is 0.778. The number of ether oxygens (including phenoxy) is 1. The van der Waals surface area contributed by atoms with Crippen LogP contribution in [0.2, 0.25) is 0 Å². The van der Waals surface area contributed by atoms with Crippen LogP contribution in [-0.2, 0) is 11.3 Å². The average Bonchev–Trinajstić information content (AvgIpc) is 2.69. The number of aromatic nitrogens is 2. The molecule has 134 valence electrons. The number of fused-ring (bicyclic) bond motifs is 1. The van der Waals surface area contributed by atoms with Crippen LogP contribution in [0.3, 0.4) is 0 Å². The van der Waals surface area contributed by atoms with Gasteiger partial charge in [0.15, 0.2) is 0 Å². The second-order valence-electron chi connectivity index (χ2n) is 6.47. The Morgan fingerprint density at radius 2 is 1.65 bits per heavy atom. The van der Waals surface area contributed by atoms with E-state index in [0.29, 0.717) is 30.7 Å². The predicted octanol–water partition coefficient (Wildman–Crippen LogP) is 1.76. The highest BCUT2D eigenvalue weighted by atomic mass is 16.5. The van der Waals surface area contributed by atoms with Crippen molar-refractivity contribution in [2.45, 2.75) is 12.6 Å². The molecule has 1 saturated heterocycles. The lowest BCUT2D eigenvalue weighted by Gasteiger charge is -2.35. The highest BCUT2D eigenvalue weighted by molar-refractivity contribution is 5.76. The summed E-state index contributed by atoms with van der Waals surface area (Å²) in [6.07, 6.45) is 0. The summed E-state index contributed by atoms with van der Waals surface area (Å²) in [6, 6.07) is 17.1. The molecule has 0 radical (unpaired) electrons. The zero-order valence-electron chi connectivity index (χ0n) is 14.4. The molecule has 2 aromatic carbocycles. The summed E-state index contributed by atoms with van der Waals surface area (Å²) < 4.78 is 6.78. The lowest BCUT2D eigenvalue weighted by Crippen LogP contribution is -2.44. The first-order chi connectivity index (χ1) is 12.7. The number of aromatic amines is 1. The lowest BCUT2D eigenvalue weighted by molar-refractivity contribution is 0.0119. The largest absolute Gasteiger partial charge is 0.379 e. The van der Waals surface area contributed by atoms with Gasteiger partial charge in [0.25, 0.3) is 5.56 Å². The van der Waals surface area contributed by atoms with Crippen LogP contribution in [0.15, 0.2) is 64.2 Å². The summed E-state index contributed by atoms with van der Waals surface area (Å²) in [7, 11) is 0. The zero-order chi connectivity index (χ0) is 17.9. The van der Waals surface area contributed by atoms with Crippen LogP contribution in [0.25, 0.3) is 10.9 Å². The van der Waals surface area contributed by atoms with E-state index in [9.17, 15) is 9.59 Å². The van der Waals surface area contributed by atoms with Gasteiger partial charge in [0.1, 0.15) is 0 Å². The van der Waals surface area contributed by atoms with E-state index in [2.05, 4.69) is 9.88 Å². The van der Waals surface area contributed by atoms with E-state index in [1.165, 1.54) is 4.57 Å². The van der Waals surface area contributed by atoms with Crippen molar-refractivity contribution in [1.82, 2.24) is 14.5 Å². The van der Waals surface area contributed by atoms with Gasteiger partial charge in [0.05, 0.1) is 36.7 Å². The minimum Gasteiger partial charge on any atom is -0.379 e. The summed E-state index contributed by atoms with van der Waals surface area (Å²) in [5, 5.41) is 0.529. The van der Waals surface area contributed by atoms with E-state index in [0.717, 1.165) is 18.7 Å². The van der Waals surface area contributed by atoms with Gasteiger partial charge in [-0.2, -0.15) is 0 Å². The average molecular weight is 351 g/mol. The summed E-state index contributed by atoms with van der Waals surface area (Å²) in [5.41, 5.74) is 1.04. The first kappa shape index (κ1) is 16.8. The van der Waals surface area contributed by atoms with Crippen LogP contribution >= 0.6 is 0 Å². The number of hydrogen-bond donors (Lipinski definition) is 1. The maximum absolute atomic E-state index is 12.9. The molecule has 6 nitrogen and oxygen atoms in total. The van der Waals surface area contributed by atoms with Gasteiger partial charge in [-0.05, 0) is 17.7 Å². The lowest BCUT2D eigenvalue weighted by atomic mass is 10.0. The van der Waals surface area contributed by atoms with Crippen LogP contribution in [0.5, 0.6) is 0 Å². The van der Waals surface area contributed by atoms with E-state index in [4.69, 9.17) is 4.74 Å². The molecule has 1 aromatic heterocycles. The molecule has 1 fully saturated rings. The molecule has 1 aliphatic rings. The van der Waals surface area contributed by atoms with Crippen molar-refractivity contribution in [2.24, 2.45) is 0 Å². The minimum absolute atomic E-state index is 0.0555. The van der Waals surface area contributed by atoms with Crippen LogP contribution in [-0.4, -0.2) is 40.8 Å². The first-order valence-electron chi connectivity index (χ1n) is 8.82. The summed E-state index contributed by atoms with van der Waals surface area (Å²) in [5.74, 6) is 0. The zero-order valence-corrected chi connectivity index (χ0v) is 14.4. The van der Waals surface area contributed by atoms with Crippen LogP contribution in [0, 0.1) is 0 Å². The molecule has 0 saturated carbocycles.